The van der Waals surface area contributed by atoms with Gasteiger partial charge in [0.15, 0.2) is 5.13 Å². The summed E-state index contributed by atoms with van der Waals surface area (Å²) in [7, 11) is -1.94. The Morgan fingerprint density at radius 2 is 1.96 bits per heavy atom. The maximum Gasteiger partial charge on any atom is 0.257 e. The molecule has 0 atom stereocenters. The highest BCUT2D eigenvalue weighted by Gasteiger charge is 2.27. The number of rotatable bonds is 5. The molecule has 146 valence electrons. The minimum Gasteiger partial charge on any atom is -0.497 e. The van der Waals surface area contributed by atoms with E-state index in [-0.39, 0.29) is 10.8 Å². The highest BCUT2D eigenvalue weighted by atomic mass is 32.2. The number of sulfonamides is 1. The van der Waals surface area contributed by atoms with Gasteiger partial charge >= 0.3 is 0 Å². The summed E-state index contributed by atoms with van der Waals surface area (Å²) in [5.41, 5.74) is 1.10. The number of hydrogen-bond donors (Lipinski definition) is 1. The van der Waals surface area contributed by atoms with Crippen LogP contribution in [0.25, 0.3) is 10.2 Å². The topological polar surface area (TPSA) is 88.6 Å². The zero-order chi connectivity index (χ0) is 19.7. The Hall–Kier alpha value is -2.49. The summed E-state index contributed by atoms with van der Waals surface area (Å²) in [6.45, 7) is 1.12. The van der Waals surface area contributed by atoms with Crippen LogP contribution in [0, 0.1) is 0 Å². The van der Waals surface area contributed by atoms with Crippen LogP contribution >= 0.6 is 11.3 Å². The molecule has 0 bridgehead atoms. The zero-order valence-electron chi connectivity index (χ0n) is 15.2. The van der Waals surface area contributed by atoms with Crippen molar-refractivity contribution >= 4 is 42.6 Å². The number of ether oxygens (including phenoxy) is 1. The van der Waals surface area contributed by atoms with E-state index in [4.69, 9.17) is 4.74 Å². The van der Waals surface area contributed by atoms with Crippen molar-refractivity contribution in [1.29, 1.82) is 0 Å². The molecule has 2 heterocycles. The second-order valence-electron chi connectivity index (χ2n) is 6.45. The first-order valence-electron chi connectivity index (χ1n) is 8.83. The first-order valence-corrected chi connectivity index (χ1v) is 11.1. The number of carbonyl (C=O) groups excluding carboxylic acids is 1. The van der Waals surface area contributed by atoms with Gasteiger partial charge in [0.25, 0.3) is 5.91 Å². The van der Waals surface area contributed by atoms with E-state index in [0.717, 1.165) is 12.8 Å². The van der Waals surface area contributed by atoms with Gasteiger partial charge in [0, 0.05) is 18.7 Å². The molecule has 1 amide bonds. The third-order valence-corrected chi connectivity index (χ3v) is 7.44. The van der Waals surface area contributed by atoms with E-state index in [2.05, 4.69) is 10.3 Å². The molecule has 0 radical (unpaired) electrons. The number of amides is 1. The molecule has 1 aliphatic heterocycles. The SMILES string of the molecule is COc1cccc(C(=O)Nc2nc3ccc(S(=O)(=O)N4CCCC4)cc3s2)c1. The van der Waals surface area contributed by atoms with Crippen molar-refractivity contribution in [1.82, 2.24) is 9.29 Å². The second-order valence-corrected chi connectivity index (χ2v) is 9.41. The van der Waals surface area contributed by atoms with E-state index in [1.807, 2.05) is 0 Å². The van der Waals surface area contributed by atoms with Gasteiger partial charge in [-0.05, 0) is 49.2 Å². The van der Waals surface area contributed by atoms with Gasteiger partial charge in [0.2, 0.25) is 10.0 Å². The average Bonchev–Trinajstić information content (AvgIpc) is 3.37. The Labute approximate surface area is 167 Å². The van der Waals surface area contributed by atoms with Crippen molar-refractivity contribution < 1.29 is 17.9 Å². The van der Waals surface area contributed by atoms with Crippen LogP contribution in [0.3, 0.4) is 0 Å². The predicted molar refractivity (Wildman–Crippen MR) is 109 cm³/mol. The van der Waals surface area contributed by atoms with Crippen molar-refractivity contribution in [2.24, 2.45) is 0 Å². The molecule has 4 rings (SSSR count). The molecule has 1 aliphatic rings. The van der Waals surface area contributed by atoms with Gasteiger partial charge in [-0.3, -0.25) is 10.1 Å². The highest BCUT2D eigenvalue weighted by Crippen LogP contribution is 2.30. The number of methoxy groups -OCH3 is 1. The lowest BCUT2D eigenvalue weighted by Gasteiger charge is -2.15. The van der Waals surface area contributed by atoms with Gasteiger partial charge in [-0.1, -0.05) is 17.4 Å². The van der Waals surface area contributed by atoms with Crippen LogP contribution in [0.5, 0.6) is 5.75 Å². The highest BCUT2D eigenvalue weighted by molar-refractivity contribution is 7.89. The molecule has 0 spiro atoms. The third-order valence-electron chi connectivity index (χ3n) is 4.62. The van der Waals surface area contributed by atoms with Gasteiger partial charge in [-0.2, -0.15) is 4.31 Å². The lowest BCUT2D eigenvalue weighted by atomic mass is 10.2. The number of thiazole rings is 1. The first-order chi connectivity index (χ1) is 13.5. The second kappa shape index (κ2) is 7.50. The minimum absolute atomic E-state index is 0.260. The summed E-state index contributed by atoms with van der Waals surface area (Å²) in [4.78, 5) is 17.1. The fourth-order valence-electron chi connectivity index (χ4n) is 3.13. The summed E-state index contributed by atoms with van der Waals surface area (Å²) in [6, 6.07) is 11.7. The lowest BCUT2D eigenvalue weighted by molar-refractivity contribution is 0.102. The van der Waals surface area contributed by atoms with E-state index in [1.54, 1.807) is 49.6 Å². The maximum atomic E-state index is 12.7. The fraction of sp³-hybridized carbons (Fsp3) is 0.263. The Morgan fingerprint density at radius 1 is 1.18 bits per heavy atom. The number of nitrogens with zero attached hydrogens (tertiary/aromatic N) is 2. The van der Waals surface area contributed by atoms with Crippen molar-refractivity contribution in [2.75, 3.05) is 25.5 Å². The van der Waals surface area contributed by atoms with Gasteiger partial charge in [0.05, 0.1) is 22.2 Å². The molecule has 7 nitrogen and oxygen atoms in total. The summed E-state index contributed by atoms with van der Waals surface area (Å²) in [5, 5.41) is 3.18. The van der Waals surface area contributed by atoms with E-state index in [9.17, 15) is 13.2 Å². The van der Waals surface area contributed by atoms with E-state index >= 15 is 0 Å². The molecule has 28 heavy (non-hydrogen) atoms. The number of hydrogen-bond acceptors (Lipinski definition) is 6. The van der Waals surface area contributed by atoms with Gasteiger partial charge in [-0.15, -0.1) is 0 Å². The molecule has 3 aromatic rings. The maximum absolute atomic E-state index is 12.7. The van der Waals surface area contributed by atoms with Gasteiger partial charge < -0.3 is 4.74 Å². The van der Waals surface area contributed by atoms with Crippen LogP contribution in [0.4, 0.5) is 5.13 Å². The third kappa shape index (κ3) is 3.60. The van der Waals surface area contributed by atoms with Crippen LogP contribution in [0.2, 0.25) is 0 Å². The van der Waals surface area contributed by atoms with Crippen molar-refractivity contribution in [3.63, 3.8) is 0 Å². The quantitative estimate of drug-likeness (QED) is 0.688. The Kier molecular flexibility index (Phi) is 5.05. The fourth-order valence-corrected chi connectivity index (χ4v) is 5.65. The van der Waals surface area contributed by atoms with Crippen LogP contribution in [0.15, 0.2) is 47.4 Å². The van der Waals surface area contributed by atoms with Crippen LogP contribution in [-0.4, -0.2) is 43.8 Å². The number of anilines is 1. The molecule has 9 heteroatoms. The number of carbonyl (C=O) groups is 1. The number of aromatic nitrogens is 1. The minimum atomic E-state index is -3.48. The van der Waals surface area contributed by atoms with Crippen molar-refractivity contribution in [2.45, 2.75) is 17.7 Å². The summed E-state index contributed by atoms with van der Waals surface area (Å²) >= 11 is 1.25. The Morgan fingerprint density at radius 3 is 2.71 bits per heavy atom. The molecular formula is C19H19N3O4S2. The van der Waals surface area contributed by atoms with Gasteiger partial charge in [-0.25, -0.2) is 13.4 Å². The zero-order valence-corrected chi connectivity index (χ0v) is 16.8. The Bertz CT molecular complexity index is 1140. The van der Waals surface area contributed by atoms with Crippen molar-refractivity contribution in [3.05, 3.63) is 48.0 Å². The number of benzene rings is 2. The predicted octanol–water partition coefficient (Wildman–Crippen LogP) is 3.34. The normalized spacial score (nSPS) is 15.0. The molecule has 2 aromatic carbocycles. The van der Waals surface area contributed by atoms with Crippen LogP contribution in [-0.2, 0) is 10.0 Å². The summed E-state index contributed by atoms with van der Waals surface area (Å²) in [5.74, 6) is 0.288. The molecule has 1 fully saturated rings. The standard InChI is InChI=1S/C19H19N3O4S2/c1-26-14-6-4-5-13(11-14)18(23)21-19-20-16-8-7-15(12-17(16)27-19)28(24,25)22-9-2-3-10-22/h4-8,11-12H,2-3,9-10H2,1H3,(H,20,21,23). The van der Waals surface area contributed by atoms with Crippen LogP contribution < -0.4 is 10.1 Å². The first kappa shape index (κ1) is 18.9. The number of nitrogens with one attached hydrogen (secondary N) is 1. The molecule has 0 saturated carbocycles. The number of fused-ring (bicyclic) bond motifs is 1. The average molecular weight is 418 g/mol. The summed E-state index contributed by atoms with van der Waals surface area (Å²) in [6.07, 6.45) is 1.78. The smallest absolute Gasteiger partial charge is 0.257 e. The van der Waals surface area contributed by atoms with E-state index < -0.39 is 10.0 Å². The lowest BCUT2D eigenvalue weighted by Crippen LogP contribution is -2.27. The largest absolute Gasteiger partial charge is 0.497 e. The molecule has 0 unspecified atom stereocenters. The molecule has 1 saturated heterocycles. The molecule has 0 aliphatic carbocycles. The molecular weight excluding hydrogens is 398 g/mol. The summed E-state index contributed by atoms with van der Waals surface area (Å²) < 4.78 is 32.8. The monoisotopic (exact) mass is 417 g/mol. The van der Waals surface area contributed by atoms with E-state index in [0.29, 0.717) is 39.8 Å². The van der Waals surface area contributed by atoms with Gasteiger partial charge in [0.1, 0.15) is 5.75 Å². The Balaban J connectivity index is 1.58. The van der Waals surface area contributed by atoms with Crippen molar-refractivity contribution in [3.8, 4) is 5.75 Å². The molecule has 1 aromatic heterocycles. The molecule has 1 N–H and O–H groups in total. The van der Waals surface area contributed by atoms with Crippen LogP contribution in [0.1, 0.15) is 23.2 Å². The van der Waals surface area contributed by atoms with E-state index in [1.165, 1.54) is 15.6 Å².